The maximum atomic E-state index is 12.1. The minimum Gasteiger partial charge on any atom is -0.269 e. The zero-order valence-corrected chi connectivity index (χ0v) is 10.1. The molecular weight excluding hydrogens is 286 g/mol. The summed E-state index contributed by atoms with van der Waals surface area (Å²) in [5, 5.41) is 6.53. The first-order valence-electron chi connectivity index (χ1n) is 4.87. The summed E-state index contributed by atoms with van der Waals surface area (Å²) in [7, 11) is 0. The van der Waals surface area contributed by atoms with E-state index in [-0.39, 0.29) is 11.8 Å². The minimum atomic E-state index is -0.343. The fraction of sp³-hybridized carbons (Fsp3) is 0. The quantitative estimate of drug-likeness (QED) is 0.817. The summed E-state index contributed by atoms with van der Waals surface area (Å²) in [6.07, 6.45) is 0. The van der Waals surface area contributed by atoms with Crippen LogP contribution in [0.15, 0.2) is 34.9 Å². The second kappa shape index (κ2) is 3.53. The number of rotatable bonds is 1. The van der Waals surface area contributed by atoms with Crippen molar-refractivity contribution in [1.82, 2.24) is 10.2 Å². The molecule has 2 heterocycles. The van der Waals surface area contributed by atoms with Crippen molar-refractivity contribution in [3.63, 3.8) is 0 Å². The summed E-state index contributed by atoms with van der Waals surface area (Å²) < 4.78 is 0.615. The van der Waals surface area contributed by atoms with Crippen molar-refractivity contribution >= 4 is 33.6 Å². The van der Waals surface area contributed by atoms with Gasteiger partial charge >= 0.3 is 0 Å². The largest absolute Gasteiger partial charge is 0.269 e. The Morgan fingerprint density at radius 3 is 2.18 bits per heavy atom. The number of H-pyrrole nitrogens is 1. The van der Waals surface area contributed by atoms with E-state index in [0.29, 0.717) is 21.5 Å². The summed E-state index contributed by atoms with van der Waals surface area (Å²) in [6.45, 7) is 0. The van der Waals surface area contributed by atoms with Crippen molar-refractivity contribution in [2.24, 2.45) is 0 Å². The van der Waals surface area contributed by atoms with Crippen molar-refractivity contribution in [3.05, 3.63) is 46.1 Å². The average Bonchev–Trinajstić information content (AvgIpc) is 2.84. The molecule has 0 radical (unpaired) electrons. The predicted octanol–water partition coefficient (Wildman–Crippen LogP) is 1.97. The van der Waals surface area contributed by atoms with Crippen LogP contribution in [0, 0.1) is 0 Å². The molecule has 84 valence electrons. The van der Waals surface area contributed by atoms with Crippen molar-refractivity contribution in [3.8, 4) is 0 Å². The molecule has 0 atom stereocenters. The first-order chi connectivity index (χ1) is 8.18. The number of carbonyl (C=O) groups is 2. The lowest BCUT2D eigenvalue weighted by molar-refractivity contribution is 0.0925. The fourth-order valence-electron chi connectivity index (χ4n) is 1.80. The van der Waals surface area contributed by atoms with Crippen LogP contribution in [0.3, 0.4) is 0 Å². The first-order valence-corrected chi connectivity index (χ1v) is 5.66. The van der Waals surface area contributed by atoms with Crippen LogP contribution in [0.5, 0.6) is 0 Å². The molecule has 0 fully saturated rings. The second-order valence-corrected chi connectivity index (χ2v) is 4.42. The predicted molar refractivity (Wildman–Crippen MR) is 63.9 cm³/mol. The van der Waals surface area contributed by atoms with Crippen LogP contribution in [-0.2, 0) is 0 Å². The lowest BCUT2D eigenvalue weighted by Crippen LogP contribution is -2.29. The SMILES string of the molecule is O=C1c2ccccc2C(=O)N1c1cc(Br)[nH]n1. The van der Waals surface area contributed by atoms with Crippen LogP contribution in [0.2, 0.25) is 0 Å². The molecule has 0 spiro atoms. The minimum absolute atomic E-state index is 0.295. The van der Waals surface area contributed by atoms with Crippen molar-refractivity contribution in [1.29, 1.82) is 0 Å². The molecule has 3 rings (SSSR count). The van der Waals surface area contributed by atoms with Gasteiger partial charge in [-0.15, -0.1) is 0 Å². The lowest BCUT2D eigenvalue weighted by atomic mass is 10.1. The molecule has 17 heavy (non-hydrogen) atoms. The normalized spacial score (nSPS) is 14.3. The summed E-state index contributed by atoms with van der Waals surface area (Å²) >= 11 is 3.19. The summed E-state index contributed by atoms with van der Waals surface area (Å²) in [4.78, 5) is 25.2. The number of anilines is 1. The van der Waals surface area contributed by atoms with Gasteiger partial charge in [0.15, 0.2) is 5.82 Å². The lowest BCUT2D eigenvalue weighted by Gasteiger charge is -2.08. The van der Waals surface area contributed by atoms with Gasteiger partial charge in [0.05, 0.1) is 11.1 Å². The van der Waals surface area contributed by atoms with Gasteiger partial charge in [0.2, 0.25) is 0 Å². The molecule has 0 unspecified atom stereocenters. The highest BCUT2D eigenvalue weighted by Crippen LogP contribution is 2.27. The highest BCUT2D eigenvalue weighted by Gasteiger charge is 2.37. The number of imide groups is 1. The number of nitrogens with zero attached hydrogens (tertiary/aromatic N) is 2. The summed E-state index contributed by atoms with van der Waals surface area (Å²) in [5.41, 5.74) is 0.827. The van der Waals surface area contributed by atoms with Crippen molar-refractivity contribution in [2.45, 2.75) is 0 Å². The highest BCUT2D eigenvalue weighted by molar-refractivity contribution is 9.10. The molecule has 1 aliphatic heterocycles. The molecular formula is C11H6BrN3O2. The zero-order valence-electron chi connectivity index (χ0n) is 8.48. The molecule has 1 aliphatic rings. The Hall–Kier alpha value is -1.95. The van der Waals surface area contributed by atoms with Gasteiger partial charge in [-0.25, -0.2) is 4.90 Å². The van der Waals surface area contributed by atoms with E-state index in [0.717, 1.165) is 4.90 Å². The van der Waals surface area contributed by atoms with Gasteiger partial charge in [-0.1, -0.05) is 12.1 Å². The Morgan fingerprint density at radius 2 is 1.71 bits per heavy atom. The Morgan fingerprint density at radius 1 is 1.12 bits per heavy atom. The van der Waals surface area contributed by atoms with Gasteiger partial charge in [-0.2, -0.15) is 5.10 Å². The third-order valence-electron chi connectivity index (χ3n) is 2.56. The molecule has 6 heteroatoms. The van der Waals surface area contributed by atoms with Gasteiger partial charge < -0.3 is 0 Å². The van der Waals surface area contributed by atoms with Gasteiger partial charge in [0.1, 0.15) is 4.60 Å². The number of carbonyl (C=O) groups excluding carboxylic acids is 2. The molecule has 1 N–H and O–H groups in total. The molecule has 0 saturated carbocycles. The number of fused-ring (bicyclic) bond motifs is 1. The topological polar surface area (TPSA) is 66.1 Å². The molecule has 1 aromatic carbocycles. The Bertz CT molecular complexity index is 600. The Balaban J connectivity index is 2.12. The molecule has 0 saturated heterocycles. The van der Waals surface area contributed by atoms with E-state index < -0.39 is 0 Å². The van der Waals surface area contributed by atoms with Crippen LogP contribution < -0.4 is 4.90 Å². The van der Waals surface area contributed by atoms with Crippen LogP contribution in [-0.4, -0.2) is 22.0 Å². The van der Waals surface area contributed by atoms with E-state index in [1.54, 1.807) is 30.3 Å². The zero-order chi connectivity index (χ0) is 12.0. The van der Waals surface area contributed by atoms with E-state index in [9.17, 15) is 9.59 Å². The smallest absolute Gasteiger partial charge is 0.267 e. The molecule has 2 amide bonds. The number of amides is 2. The maximum absolute atomic E-state index is 12.1. The Labute approximate surface area is 105 Å². The van der Waals surface area contributed by atoms with Crippen LogP contribution in [0.1, 0.15) is 20.7 Å². The summed E-state index contributed by atoms with van der Waals surface area (Å²) in [6, 6.07) is 8.32. The van der Waals surface area contributed by atoms with Gasteiger partial charge in [-0.05, 0) is 28.1 Å². The standard InChI is InChI=1S/C11H6BrN3O2/c12-8-5-9(14-13-8)15-10(16)6-3-1-2-4-7(6)11(15)17/h1-5H,(H,13,14). The van der Waals surface area contributed by atoms with Gasteiger partial charge in [0, 0.05) is 6.07 Å². The van der Waals surface area contributed by atoms with E-state index in [2.05, 4.69) is 26.1 Å². The maximum Gasteiger partial charge on any atom is 0.267 e. The molecule has 0 aliphatic carbocycles. The monoisotopic (exact) mass is 291 g/mol. The van der Waals surface area contributed by atoms with Crippen LogP contribution >= 0.6 is 15.9 Å². The highest BCUT2D eigenvalue weighted by atomic mass is 79.9. The first kappa shape index (κ1) is 10.2. The van der Waals surface area contributed by atoms with E-state index >= 15 is 0 Å². The van der Waals surface area contributed by atoms with Crippen molar-refractivity contribution in [2.75, 3.05) is 4.90 Å². The van der Waals surface area contributed by atoms with Crippen LogP contribution in [0.4, 0.5) is 5.82 Å². The third kappa shape index (κ3) is 1.41. The molecule has 1 aromatic heterocycles. The number of aromatic amines is 1. The molecule has 0 bridgehead atoms. The number of benzene rings is 1. The Kier molecular flexibility index (Phi) is 2.12. The second-order valence-electron chi connectivity index (χ2n) is 3.57. The fourth-order valence-corrected chi connectivity index (χ4v) is 2.09. The molecule has 5 nitrogen and oxygen atoms in total. The summed E-state index contributed by atoms with van der Waals surface area (Å²) in [5.74, 6) is -0.391. The van der Waals surface area contributed by atoms with E-state index in [4.69, 9.17) is 0 Å². The molecule has 2 aromatic rings. The van der Waals surface area contributed by atoms with Gasteiger partial charge in [-0.3, -0.25) is 14.7 Å². The number of halogens is 1. The number of hydrogen-bond acceptors (Lipinski definition) is 3. The average molecular weight is 292 g/mol. The number of nitrogens with one attached hydrogen (secondary N) is 1. The third-order valence-corrected chi connectivity index (χ3v) is 2.96. The van der Waals surface area contributed by atoms with Crippen molar-refractivity contribution < 1.29 is 9.59 Å². The van der Waals surface area contributed by atoms with E-state index in [1.165, 1.54) is 0 Å². The van der Waals surface area contributed by atoms with E-state index in [1.807, 2.05) is 0 Å². The van der Waals surface area contributed by atoms with Gasteiger partial charge in [0.25, 0.3) is 11.8 Å². The number of aromatic nitrogens is 2. The number of hydrogen-bond donors (Lipinski definition) is 1. The van der Waals surface area contributed by atoms with Crippen LogP contribution in [0.25, 0.3) is 0 Å².